The molecule has 0 saturated carbocycles. The first-order chi connectivity index (χ1) is 14.0. The first kappa shape index (κ1) is 19.5. The number of piperidine rings is 2. The highest BCUT2D eigenvalue weighted by atomic mass is 19.1. The Balaban J connectivity index is 1.45. The topological polar surface area (TPSA) is 69.3 Å². The Morgan fingerprint density at radius 2 is 2.10 bits per heavy atom. The minimum absolute atomic E-state index is 0.105. The molecule has 1 aromatic carbocycles. The van der Waals surface area contributed by atoms with Gasteiger partial charge in [-0.05, 0) is 31.4 Å². The molecule has 1 spiro atoms. The lowest BCUT2D eigenvalue weighted by Crippen LogP contribution is -2.55. The average Bonchev–Trinajstić information content (AvgIpc) is 3.22. The summed E-state index contributed by atoms with van der Waals surface area (Å²) in [7, 11) is 0. The Morgan fingerprint density at radius 3 is 2.86 bits per heavy atom. The lowest BCUT2D eigenvalue weighted by atomic mass is 9.73. The summed E-state index contributed by atoms with van der Waals surface area (Å²) in [5, 5.41) is 0. The molecule has 1 N–H and O–H groups in total. The summed E-state index contributed by atoms with van der Waals surface area (Å²) in [6, 6.07) is 3.05. The molecule has 1 aromatic heterocycles. The van der Waals surface area contributed by atoms with E-state index in [0.717, 1.165) is 37.1 Å². The van der Waals surface area contributed by atoms with E-state index in [2.05, 4.69) is 9.97 Å². The van der Waals surface area contributed by atoms with E-state index in [0.29, 0.717) is 39.0 Å². The largest absolute Gasteiger partial charge is 0.348 e. The minimum atomic E-state index is -0.838. The van der Waals surface area contributed by atoms with Crippen LogP contribution in [0.5, 0.6) is 0 Å². The normalized spacial score (nSPS) is 22.3. The number of carbonyl (C=O) groups is 2. The number of imidazole rings is 1. The summed E-state index contributed by atoms with van der Waals surface area (Å²) in [6.07, 6.45) is 6.98. The summed E-state index contributed by atoms with van der Waals surface area (Å²) >= 11 is 0. The van der Waals surface area contributed by atoms with E-state index in [1.807, 2.05) is 4.90 Å². The van der Waals surface area contributed by atoms with Gasteiger partial charge in [-0.25, -0.2) is 13.8 Å². The standard InChI is InChI=1S/C21H24F2N4O2/c22-15-2-3-17(18(23)10-15)20(29)27-8-1-6-21(13-27)7-4-19(28)26(12-21)9-5-16-11-24-14-25-16/h2-3,10-11,14H,1,4-9,12-13H2,(H,24,25)/t21-/m1/s1. The second-order valence-corrected chi connectivity index (χ2v) is 8.10. The number of nitrogens with one attached hydrogen (secondary N) is 1. The molecule has 3 heterocycles. The first-order valence-electron chi connectivity index (χ1n) is 9.95. The van der Waals surface area contributed by atoms with Gasteiger partial charge in [-0.2, -0.15) is 0 Å². The molecule has 2 saturated heterocycles. The lowest BCUT2D eigenvalue weighted by Gasteiger charge is -2.48. The molecule has 0 unspecified atom stereocenters. The number of rotatable bonds is 4. The summed E-state index contributed by atoms with van der Waals surface area (Å²) in [5.41, 5.74) is 0.697. The van der Waals surface area contributed by atoms with Crippen molar-refractivity contribution in [2.45, 2.75) is 32.1 Å². The van der Waals surface area contributed by atoms with Crippen molar-refractivity contribution in [2.75, 3.05) is 26.2 Å². The van der Waals surface area contributed by atoms with Gasteiger partial charge in [0.2, 0.25) is 5.91 Å². The Labute approximate surface area is 167 Å². The predicted molar refractivity (Wildman–Crippen MR) is 102 cm³/mol. The number of halogens is 2. The van der Waals surface area contributed by atoms with Crippen molar-refractivity contribution in [1.82, 2.24) is 19.8 Å². The van der Waals surface area contributed by atoms with Gasteiger partial charge in [0.1, 0.15) is 11.6 Å². The zero-order chi connectivity index (χ0) is 20.4. The summed E-state index contributed by atoms with van der Waals surface area (Å²) in [6.45, 7) is 2.22. The monoisotopic (exact) mass is 402 g/mol. The van der Waals surface area contributed by atoms with Crippen LogP contribution in [0, 0.1) is 17.0 Å². The van der Waals surface area contributed by atoms with Crippen molar-refractivity contribution < 1.29 is 18.4 Å². The molecular formula is C21H24F2N4O2. The number of H-pyrrole nitrogens is 1. The van der Waals surface area contributed by atoms with Crippen LogP contribution in [-0.4, -0.2) is 57.8 Å². The Bertz CT molecular complexity index is 902. The van der Waals surface area contributed by atoms with E-state index < -0.39 is 17.5 Å². The number of benzene rings is 1. The molecule has 4 rings (SSSR count). The van der Waals surface area contributed by atoms with Crippen molar-refractivity contribution in [3.8, 4) is 0 Å². The summed E-state index contributed by atoms with van der Waals surface area (Å²) in [5.74, 6) is -1.83. The number of carbonyl (C=O) groups excluding carboxylic acids is 2. The van der Waals surface area contributed by atoms with Crippen LogP contribution in [0.4, 0.5) is 8.78 Å². The second-order valence-electron chi connectivity index (χ2n) is 8.10. The van der Waals surface area contributed by atoms with Crippen molar-refractivity contribution in [2.24, 2.45) is 5.41 Å². The van der Waals surface area contributed by atoms with Gasteiger partial charge in [0.15, 0.2) is 0 Å². The van der Waals surface area contributed by atoms with E-state index in [9.17, 15) is 18.4 Å². The molecule has 2 aliphatic rings. The fourth-order valence-electron chi connectivity index (χ4n) is 4.53. The van der Waals surface area contributed by atoms with Crippen LogP contribution in [-0.2, 0) is 11.2 Å². The Morgan fingerprint density at radius 1 is 1.24 bits per heavy atom. The molecular weight excluding hydrogens is 378 g/mol. The van der Waals surface area contributed by atoms with Crippen molar-refractivity contribution in [3.05, 3.63) is 53.6 Å². The van der Waals surface area contributed by atoms with E-state index in [1.54, 1.807) is 17.4 Å². The molecule has 29 heavy (non-hydrogen) atoms. The van der Waals surface area contributed by atoms with Gasteiger partial charge in [-0.15, -0.1) is 0 Å². The summed E-state index contributed by atoms with van der Waals surface area (Å²) < 4.78 is 27.3. The van der Waals surface area contributed by atoms with Crippen molar-refractivity contribution >= 4 is 11.8 Å². The van der Waals surface area contributed by atoms with Gasteiger partial charge in [0.05, 0.1) is 11.9 Å². The lowest BCUT2D eigenvalue weighted by molar-refractivity contribution is -0.138. The number of aromatic amines is 1. The minimum Gasteiger partial charge on any atom is -0.348 e. The molecule has 2 amide bonds. The molecule has 8 heteroatoms. The molecule has 154 valence electrons. The second kappa shape index (κ2) is 7.93. The number of amides is 2. The molecule has 0 aliphatic carbocycles. The molecule has 1 atom stereocenters. The van der Waals surface area contributed by atoms with Crippen LogP contribution in [0.2, 0.25) is 0 Å². The van der Waals surface area contributed by atoms with Gasteiger partial charge in [0.25, 0.3) is 5.91 Å². The van der Waals surface area contributed by atoms with Gasteiger partial charge < -0.3 is 14.8 Å². The van der Waals surface area contributed by atoms with E-state index in [1.165, 1.54) is 6.07 Å². The van der Waals surface area contributed by atoms with Crippen LogP contribution in [0.25, 0.3) is 0 Å². The number of likely N-dealkylation sites (tertiary alicyclic amines) is 2. The van der Waals surface area contributed by atoms with Crippen molar-refractivity contribution in [1.29, 1.82) is 0 Å². The molecule has 6 nitrogen and oxygen atoms in total. The first-order valence-corrected chi connectivity index (χ1v) is 9.95. The quantitative estimate of drug-likeness (QED) is 0.855. The van der Waals surface area contributed by atoms with E-state index in [-0.39, 0.29) is 16.9 Å². The maximum atomic E-state index is 14.1. The number of nitrogens with zero attached hydrogens (tertiary/aromatic N) is 3. The van der Waals surface area contributed by atoms with Crippen molar-refractivity contribution in [3.63, 3.8) is 0 Å². The van der Waals surface area contributed by atoms with Crippen LogP contribution in [0.15, 0.2) is 30.7 Å². The van der Waals surface area contributed by atoms with Gasteiger partial charge in [-0.1, -0.05) is 0 Å². The Kier molecular flexibility index (Phi) is 5.34. The maximum absolute atomic E-state index is 14.1. The molecule has 2 fully saturated rings. The van der Waals surface area contributed by atoms with Crippen LogP contribution < -0.4 is 0 Å². The Hall–Kier alpha value is -2.77. The van der Waals surface area contributed by atoms with Gasteiger partial charge in [0, 0.05) is 62.4 Å². The summed E-state index contributed by atoms with van der Waals surface area (Å²) in [4.78, 5) is 35.9. The van der Waals surface area contributed by atoms with Crippen LogP contribution >= 0.6 is 0 Å². The highest BCUT2D eigenvalue weighted by Crippen LogP contribution is 2.39. The molecule has 0 radical (unpaired) electrons. The zero-order valence-corrected chi connectivity index (χ0v) is 16.2. The zero-order valence-electron chi connectivity index (χ0n) is 16.2. The van der Waals surface area contributed by atoms with Gasteiger partial charge >= 0.3 is 0 Å². The third-order valence-electron chi connectivity index (χ3n) is 6.06. The van der Waals surface area contributed by atoms with Crippen LogP contribution in [0.1, 0.15) is 41.7 Å². The highest BCUT2D eigenvalue weighted by Gasteiger charge is 2.43. The van der Waals surface area contributed by atoms with Gasteiger partial charge in [-0.3, -0.25) is 9.59 Å². The maximum Gasteiger partial charge on any atom is 0.256 e. The fraction of sp³-hybridized carbons (Fsp3) is 0.476. The molecule has 2 aliphatic heterocycles. The fourth-order valence-corrected chi connectivity index (χ4v) is 4.53. The number of aromatic nitrogens is 2. The molecule has 0 bridgehead atoms. The third kappa shape index (κ3) is 4.16. The average molecular weight is 402 g/mol. The van der Waals surface area contributed by atoms with Crippen LogP contribution in [0.3, 0.4) is 0 Å². The number of hydrogen-bond acceptors (Lipinski definition) is 3. The van der Waals surface area contributed by atoms with E-state index >= 15 is 0 Å². The highest BCUT2D eigenvalue weighted by molar-refractivity contribution is 5.94. The third-order valence-corrected chi connectivity index (χ3v) is 6.06. The molecule has 2 aromatic rings. The SMILES string of the molecule is O=C1CC[C@]2(CCCN(C(=O)c3ccc(F)cc3F)C2)CN1CCc1cnc[nH]1. The predicted octanol–water partition coefficient (Wildman–Crippen LogP) is 2.78. The smallest absolute Gasteiger partial charge is 0.256 e. The number of hydrogen-bond donors (Lipinski definition) is 1. The van der Waals surface area contributed by atoms with E-state index in [4.69, 9.17) is 0 Å².